The number of hydrogen-bond donors (Lipinski definition) is 2. The van der Waals surface area contributed by atoms with Gasteiger partial charge in [0.15, 0.2) is 0 Å². The molecule has 3 N–H and O–H groups in total. The van der Waals surface area contributed by atoms with E-state index in [-0.39, 0.29) is 5.90 Å². The van der Waals surface area contributed by atoms with Gasteiger partial charge in [-0.3, -0.25) is 5.41 Å². The van der Waals surface area contributed by atoms with Crippen molar-refractivity contribution in [1.82, 2.24) is 0 Å². The molecule has 0 aromatic carbocycles. The van der Waals surface area contributed by atoms with Crippen LogP contribution in [0.25, 0.3) is 0 Å². The fourth-order valence-electron chi connectivity index (χ4n) is 1.64. The second kappa shape index (κ2) is 4.30. The van der Waals surface area contributed by atoms with Crippen molar-refractivity contribution >= 4 is 5.90 Å². The summed E-state index contributed by atoms with van der Waals surface area (Å²) in [4.78, 5) is 0. The van der Waals surface area contributed by atoms with Gasteiger partial charge in [0.05, 0.1) is 6.61 Å². The third-order valence-electron chi connectivity index (χ3n) is 2.95. The maximum atomic E-state index is 7.35. The molecule has 0 saturated heterocycles. The van der Waals surface area contributed by atoms with Crippen LogP contribution in [-0.4, -0.2) is 12.5 Å². The van der Waals surface area contributed by atoms with Gasteiger partial charge in [0.1, 0.15) is 0 Å². The first-order valence-corrected chi connectivity index (χ1v) is 4.82. The zero-order valence-electron chi connectivity index (χ0n) is 8.18. The van der Waals surface area contributed by atoms with Crippen LogP contribution >= 0.6 is 0 Å². The minimum atomic E-state index is 0.169. The van der Waals surface area contributed by atoms with E-state index in [9.17, 15) is 0 Å². The van der Waals surface area contributed by atoms with Gasteiger partial charge in [-0.25, -0.2) is 0 Å². The summed E-state index contributed by atoms with van der Waals surface area (Å²) in [6, 6.07) is 0. The van der Waals surface area contributed by atoms with Gasteiger partial charge in [0.2, 0.25) is 5.90 Å². The Morgan fingerprint density at radius 2 is 2.31 bits per heavy atom. The first-order valence-electron chi connectivity index (χ1n) is 4.82. The molecular formula is C10H18N2O. The minimum Gasteiger partial charge on any atom is -0.477 e. The predicted octanol–water partition coefficient (Wildman–Crippen LogP) is 2.03. The Bertz CT molecular complexity index is 201. The largest absolute Gasteiger partial charge is 0.477 e. The fourth-order valence-corrected chi connectivity index (χ4v) is 1.64. The lowest BCUT2D eigenvalue weighted by Gasteiger charge is -2.40. The second-order valence-electron chi connectivity index (χ2n) is 3.72. The lowest BCUT2D eigenvalue weighted by Crippen LogP contribution is -2.34. The Morgan fingerprint density at radius 3 is 2.69 bits per heavy atom. The van der Waals surface area contributed by atoms with Gasteiger partial charge in [-0.05, 0) is 25.5 Å². The van der Waals surface area contributed by atoms with Crippen LogP contribution in [0.1, 0.15) is 32.6 Å². The molecule has 13 heavy (non-hydrogen) atoms. The summed E-state index contributed by atoms with van der Waals surface area (Å²) >= 11 is 0. The highest BCUT2D eigenvalue weighted by atomic mass is 16.5. The standard InChI is InChI=1S/C10H18N2O/c1-2-10(5-3-6-10)8-13-9(12)4-7-11/h4,7,12H,2-3,5-6,8,11H2,1H3/b7-4-,12-9?. The average Bonchev–Trinajstić information content (AvgIpc) is 2.04. The number of nitrogens with one attached hydrogen (secondary N) is 1. The van der Waals surface area contributed by atoms with Crippen LogP contribution < -0.4 is 5.73 Å². The molecule has 74 valence electrons. The summed E-state index contributed by atoms with van der Waals surface area (Å²) in [6.45, 7) is 2.86. The Morgan fingerprint density at radius 1 is 1.62 bits per heavy atom. The van der Waals surface area contributed by atoms with E-state index in [1.54, 1.807) is 0 Å². The monoisotopic (exact) mass is 182 g/mol. The molecule has 1 fully saturated rings. The molecule has 0 atom stereocenters. The van der Waals surface area contributed by atoms with Crippen LogP contribution in [0, 0.1) is 10.8 Å². The highest BCUT2D eigenvalue weighted by Crippen LogP contribution is 2.43. The molecule has 0 spiro atoms. The van der Waals surface area contributed by atoms with Crippen molar-refractivity contribution in [2.75, 3.05) is 6.61 Å². The molecule has 0 aliphatic heterocycles. The second-order valence-corrected chi connectivity index (χ2v) is 3.72. The molecule has 0 aromatic rings. The number of hydrogen-bond acceptors (Lipinski definition) is 3. The summed E-state index contributed by atoms with van der Waals surface area (Å²) in [6.07, 6.45) is 7.74. The van der Waals surface area contributed by atoms with Crippen molar-refractivity contribution in [3.8, 4) is 0 Å². The summed E-state index contributed by atoms with van der Waals surface area (Å²) in [5.74, 6) is 0.169. The van der Waals surface area contributed by atoms with Gasteiger partial charge >= 0.3 is 0 Å². The van der Waals surface area contributed by atoms with Crippen molar-refractivity contribution in [2.45, 2.75) is 32.6 Å². The minimum absolute atomic E-state index is 0.169. The Labute approximate surface area is 79.5 Å². The Hall–Kier alpha value is -0.990. The topological polar surface area (TPSA) is 59.1 Å². The van der Waals surface area contributed by atoms with Crippen molar-refractivity contribution in [1.29, 1.82) is 5.41 Å². The van der Waals surface area contributed by atoms with E-state index in [0.717, 1.165) is 6.42 Å². The molecule has 1 aliphatic rings. The smallest absolute Gasteiger partial charge is 0.207 e. The lowest BCUT2D eigenvalue weighted by atomic mass is 9.68. The van der Waals surface area contributed by atoms with Gasteiger partial charge in [0, 0.05) is 11.5 Å². The van der Waals surface area contributed by atoms with E-state index in [0.29, 0.717) is 12.0 Å². The van der Waals surface area contributed by atoms with E-state index in [1.807, 2.05) is 0 Å². The third kappa shape index (κ3) is 2.47. The van der Waals surface area contributed by atoms with Gasteiger partial charge in [0.25, 0.3) is 0 Å². The highest BCUT2D eigenvalue weighted by molar-refractivity contribution is 5.84. The molecule has 3 nitrogen and oxygen atoms in total. The lowest BCUT2D eigenvalue weighted by molar-refractivity contribution is 0.0480. The van der Waals surface area contributed by atoms with Gasteiger partial charge in [-0.2, -0.15) is 0 Å². The zero-order valence-corrected chi connectivity index (χ0v) is 8.18. The number of ether oxygens (including phenoxy) is 1. The summed E-state index contributed by atoms with van der Waals surface area (Å²) < 4.78 is 5.30. The summed E-state index contributed by atoms with van der Waals surface area (Å²) in [5.41, 5.74) is 5.50. The first kappa shape index (κ1) is 10.1. The molecular weight excluding hydrogens is 164 g/mol. The molecule has 0 unspecified atom stereocenters. The molecule has 1 aliphatic carbocycles. The maximum absolute atomic E-state index is 7.35. The summed E-state index contributed by atoms with van der Waals surface area (Å²) in [7, 11) is 0. The number of nitrogens with two attached hydrogens (primary N) is 1. The normalized spacial score (nSPS) is 19.8. The molecule has 0 aromatic heterocycles. The van der Waals surface area contributed by atoms with E-state index >= 15 is 0 Å². The molecule has 3 heteroatoms. The molecule has 0 amide bonds. The Balaban J connectivity index is 2.28. The van der Waals surface area contributed by atoms with E-state index in [1.165, 1.54) is 31.5 Å². The van der Waals surface area contributed by atoms with E-state index < -0.39 is 0 Å². The van der Waals surface area contributed by atoms with Crippen LogP contribution in [0.3, 0.4) is 0 Å². The molecule has 0 heterocycles. The van der Waals surface area contributed by atoms with Crippen molar-refractivity contribution in [2.24, 2.45) is 11.1 Å². The molecule has 0 radical (unpaired) electrons. The maximum Gasteiger partial charge on any atom is 0.207 e. The van der Waals surface area contributed by atoms with Gasteiger partial charge in [-0.1, -0.05) is 13.3 Å². The quantitative estimate of drug-likeness (QED) is 0.516. The zero-order chi connectivity index (χ0) is 9.73. The van der Waals surface area contributed by atoms with Crippen LogP contribution in [0.5, 0.6) is 0 Å². The van der Waals surface area contributed by atoms with Crippen LogP contribution in [-0.2, 0) is 4.74 Å². The average molecular weight is 182 g/mol. The Kier molecular flexibility index (Phi) is 3.34. The van der Waals surface area contributed by atoms with Gasteiger partial charge < -0.3 is 10.5 Å². The third-order valence-corrected chi connectivity index (χ3v) is 2.95. The summed E-state index contributed by atoms with van der Waals surface area (Å²) in [5, 5.41) is 7.35. The van der Waals surface area contributed by atoms with Crippen molar-refractivity contribution in [3.63, 3.8) is 0 Å². The highest BCUT2D eigenvalue weighted by Gasteiger charge is 2.35. The molecule has 0 bridgehead atoms. The number of rotatable bonds is 4. The first-order chi connectivity index (χ1) is 6.22. The van der Waals surface area contributed by atoms with Crippen LogP contribution in [0.15, 0.2) is 12.3 Å². The SMILES string of the molecule is CCC1(COC(=N)/C=C\N)CCC1. The van der Waals surface area contributed by atoms with Gasteiger partial charge in [-0.15, -0.1) is 0 Å². The van der Waals surface area contributed by atoms with Crippen molar-refractivity contribution in [3.05, 3.63) is 12.3 Å². The van der Waals surface area contributed by atoms with E-state index in [2.05, 4.69) is 6.92 Å². The fraction of sp³-hybridized carbons (Fsp3) is 0.700. The predicted molar refractivity (Wildman–Crippen MR) is 53.6 cm³/mol. The van der Waals surface area contributed by atoms with Crippen LogP contribution in [0.4, 0.5) is 0 Å². The van der Waals surface area contributed by atoms with Crippen LogP contribution in [0.2, 0.25) is 0 Å². The van der Waals surface area contributed by atoms with Crippen molar-refractivity contribution < 1.29 is 4.74 Å². The van der Waals surface area contributed by atoms with E-state index in [4.69, 9.17) is 15.9 Å². The molecule has 1 saturated carbocycles. The molecule has 1 rings (SSSR count).